The molecule has 0 spiro atoms. The lowest BCUT2D eigenvalue weighted by molar-refractivity contribution is 0.199. The van der Waals surface area contributed by atoms with E-state index in [9.17, 15) is 0 Å². The zero-order chi connectivity index (χ0) is 14.4. The zero-order valence-electron chi connectivity index (χ0n) is 12.2. The first-order valence-electron chi connectivity index (χ1n) is 6.63. The SMILES string of the molecule is COCCNCc1cc(-c2ccc(N(C)C)cc2)on1. The lowest BCUT2D eigenvalue weighted by atomic mass is 10.1. The second-order valence-corrected chi connectivity index (χ2v) is 4.79. The molecule has 2 rings (SSSR count). The van der Waals surface area contributed by atoms with Crippen LogP contribution in [0.3, 0.4) is 0 Å². The van der Waals surface area contributed by atoms with Crippen LogP contribution in [-0.4, -0.2) is 39.5 Å². The number of rotatable bonds is 7. The normalized spacial score (nSPS) is 10.8. The van der Waals surface area contributed by atoms with Crippen LogP contribution in [0.25, 0.3) is 11.3 Å². The predicted octanol–water partition coefficient (Wildman–Crippen LogP) is 2.14. The summed E-state index contributed by atoms with van der Waals surface area (Å²) in [6, 6.07) is 10.2. The summed E-state index contributed by atoms with van der Waals surface area (Å²) < 4.78 is 10.3. The fourth-order valence-corrected chi connectivity index (χ4v) is 1.85. The van der Waals surface area contributed by atoms with Gasteiger partial charge in [0.1, 0.15) is 0 Å². The first kappa shape index (κ1) is 14.6. The van der Waals surface area contributed by atoms with Gasteiger partial charge in [0.15, 0.2) is 5.76 Å². The Balaban J connectivity index is 1.97. The van der Waals surface area contributed by atoms with Gasteiger partial charge < -0.3 is 19.5 Å². The number of ether oxygens (including phenoxy) is 1. The Hall–Kier alpha value is -1.85. The molecule has 5 nitrogen and oxygen atoms in total. The molecule has 0 aliphatic rings. The highest BCUT2D eigenvalue weighted by Crippen LogP contribution is 2.23. The van der Waals surface area contributed by atoms with Crippen molar-refractivity contribution < 1.29 is 9.26 Å². The number of hydrogen-bond donors (Lipinski definition) is 1. The van der Waals surface area contributed by atoms with Crippen LogP contribution in [0.15, 0.2) is 34.9 Å². The van der Waals surface area contributed by atoms with E-state index in [-0.39, 0.29) is 0 Å². The third-order valence-electron chi connectivity index (χ3n) is 3.02. The molecule has 0 aliphatic carbocycles. The van der Waals surface area contributed by atoms with E-state index in [4.69, 9.17) is 9.26 Å². The highest BCUT2D eigenvalue weighted by Gasteiger charge is 2.06. The zero-order valence-corrected chi connectivity index (χ0v) is 12.2. The minimum absolute atomic E-state index is 0.683. The number of nitrogens with zero attached hydrogens (tertiary/aromatic N) is 2. The van der Waals surface area contributed by atoms with Gasteiger partial charge in [0.2, 0.25) is 0 Å². The van der Waals surface area contributed by atoms with Crippen LogP contribution >= 0.6 is 0 Å². The number of anilines is 1. The molecule has 0 saturated carbocycles. The summed E-state index contributed by atoms with van der Waals surface area (Å²) in [7, 11) is 5.73. The van der Waals surface area contributed by atoms with E-state index in [1.165, 1.54) is 0 Å². The van der Waals surface area contributed by atoms with Gasteiger partial charge in [-0.05, 0) is 24.3 Å². The number of aromatic nitrogens is 1. The van der Waals surface area contributed by atoms with E-state index in [0.717, 1.165) is 29.2 Å². The molecule has 0 radical (unpaired) electrons. The summed E-state index contributed by atoms with van der Waals surface area (Å²) in [5, 5.41) is 7.30. The van der Waals surface area contributed by atoms with Gasteiger partial charge in [0, 0.05) is 51.6 Å². The van der Waals surface area contributed by atoms with Crippen molar-refractivity contribution >= 4 is 5.69 Å². The molecule has 0 amide bonds. The van der Waals surface area contributed by atoms with Gasteiger partial charge in [-0.2, -0.15) is 0 Å². The Labute approximate surface area is 119 Å². The van der Waals surface area contributed by atoms with E-state index >= 15 is 0 Å². The van der Waals surface area contributed by atoms with E-state index in [2.05, 4.69) is 27.5 Å². The van der Waals surface area contributed by atoms with Gasteiger partial charge in [0.05, 0.1) is 12.3 Å². The predicted molar refractivity (Wildman–Crippen MR) is 79.8 cm³/mol. The van der Waals surface area contributed by atoms with Crippen LogP contribution in [0, 0.1) is 0 Å². The quantitative estimate of drug-likeness (QED) is 0.785. The summed E-state index contributed by atoms with van der Waals surface area (Å²) in [5.74, 6) is 0.791. The minimum atomic E-state index is 0.683. The van der Waals surface area contributed by atoms with Gasteiger partial charge in [0.25, 0.3) is 0 Å². The lowest BCUT2D eigenvalue weighted by Crippen LogP contribution is -2.18. The summed E-state index contributed by atoms with van der Waals surface area (Å²) >= 11 is 0. The first-order valence-corrected chi connectivity index (χ1v) is 6.63. The van der Waals surface area contributed by atoms with Crippen LogP contribution < -0.4 is 10.2 Å². The first-order chi connectivity index (χ1) is 9.70. The van der Waals surface area contributed by atoms with Crippen LogP contribution in [0.5, 0.6) is 0 Å². The molecule has 1 aromatic carbocycles. The van der Waals surface area contributed by atoms with E-state index in [1.807, 2.05) is 32.3 Å². The highest BCUT2D eigenvalue weighted by atomic mass is 16.5. The summed E-state index contributed by atoms with van der Waals surface area (Å²) in [4.78, 5) is 2.06. The maximum Gasteiger partial charge on any atom is 0.167 e. The topological polar surface area (TPSA) is 50.5 Å². The molecule has 1 aromatic heterocycles. The third-order valence-corrected chi connectivity index (χ3v) is 3.02. The molecule has 2 aromatic rings. The maximum absolute atomic E-state index is 5.37. The maximum atomic E-state index is 5.37. The van der Waals surface area contributed by atoms with Gasteiger partial charge in [-0.3, -0.25) is 0 Å². The summed E-state index contributed by atoms with van der Waals surface area (Å²) in [6.45, 7) is 2.18. The molecular formula is C15H21N3O2. The Morgan fingerprint density at radius 1 is 1.25 bits per heavy atom. The molecule has 5 heteroatoms. The average Bonchev–Trinajstić information content (AvgIpc) is 2.92. The molecular weight excluding hydrogens is 254 g/mol. The van der Waals surface area contributed by atoms with Crippen LogP contribution in [0.4, 0.5) is 5.69 Å². The van der Waals surface area contributed by atoms with Crippen molar-refractivity contribution in [3.63, 3.8) is 0 Å². The number of benzene rings is 1. The standard InChI is InChI=1S/C15H21N3O2/c1-18(2)14-6-4-12(5-7-14)15-10-13(17-20-15)11-16-8-9-19-3/h4-7,10,16H,8-9,11H2,1-3H3. The molecule has 0 unspecified atom stereocenters. The number of hydrogen-bond acceptors (Lipinski definition) is 5. The Morgan fingerprint density at radius 3 is 2.65 bits per heavy atom. The fraction of sp³-hybridized carbons (Fsp3) is 0.400. The van der Waals surface area contributed by atoms with Gasteiger partial charge in [-0.1, -0.05) is 5.16 Å². The molecule has 1 heterocycles. The van der Waals surface area contributed by atoms with Crippen LogP contribution in [0.2, 0.25) is 0 Å². The molecule has 1 N–H and O–H groups in total. The van der Waals surface area contributed by atoms with E-state index < -0.39 is 0 Å². The Bertz CT molecular complexity index is 520. The van der Waals surface area contributed by atoms with Crippen molar-refractivity contribution in [3.8, 4) is 11.3 Å². The van der Waals surface area contributed by atoms with Gasteiger partial charge in [-0.25, -0.2) is 0 Å². The largest absolute Gasteiger partial charge is 0.383 e. The minimum Gasteiger partial charge on any atom is -0.383 e. The summed E-state index contributed by atoms with van der Waals surface area (Å²) in [6.07, 6.45) is 0. The van der Waals surface area contributed by atoms with Gasteiger partial charge in [-0.15, -0.1) is 0 Å². The second kappa shape index (κ2) is 7.07. The molecule has 0 atom stereocenters. The van der Waals surface area contributed by atoms with E-state index in [1.54, 1.807) is 7.11 Å². The monoisotopic (exact) mass is 275 g/mol. The second-order valence-electron chi connectivity index (χ2n) is 4.79. The third kappa shape index (κ3) is 3.82. The molecule has 108 valence electrons. The highest BCUT2D eigenvalue weighted by molar-refractivity contribution is 5.61. The Kier molecular flexibility index (Phi) is 5.15. The summed E-state index contributed by atoms with van der Waals surface area (Å²) in [5.41, 5.74) is 3.09. The Morgan fingerprint density at radius 2 is 2.00 bits per heavy atom. The van der Waals surface area contributed by atoms with Crippen LogP contribution in [-0.2, 0) is 11.3 Å². The average molecular weight is 275 g/mol. The molecule has 0 saturated heterocycles. The number of methoxy groups -OCH3 is 1. The van der Waals surface area contributed by atoms with Crippen molar-refractivity contribution in [2.24, 2.45) is 0 Å². The smallest absolute Gasteiger partial charge is 0.167 e. The van der Waals surface area contributed by atoms with Crippen molar-refractivity contribution in [3.05, 3.63) is 36.0 Å². The van der Waals surface area contributed by atoms with Crippen molar-refractivity contribution in [1.82, 2.24) is 10.5 Å². The van der Waals surface area contributed by atoms with Crippen LogP contribution in [0.1, 0.15) is 5.69 Å². The molecule has 20 heavy (non-hydrogen) atoms. The van der Waals surface area contributed by atoms with E-state index in [0.29, 0.717) is 13.2 Å². The van der Waals surface area contributed by atoms with Crippen molar-refractivity contribution in [1.29, 1.82) is 0 Å². The number of nitrogens with one attached hydrogen (secondary N) is 1. The molecule has 0 aliphatic heterocycles. The molecule has 0 bridgehead atoms. The lowest BCUT2D eigenvalue weighted by Gasteiger charge is -2.11. The molecule has 0 fully saturated rings. The fourth-order valence-electron chi connectivity index (χ4n) is 1.85. The van der Waals surface area contributed by atoms with Crippen molar-refractivity contribution in [2.75, 3.05) is 39.3 Å². The van der Waals surface area contributed by atoms with Gasteiger partial charge >= 0.3 is 0 Å². The van der Waals surface area contributed by atoms with Crippen molar-refractivity contribution in [2.45, 2.75) is 6.54 Å².